The van der Waals surface area contributed by atoms with E-state index in [-0.39, 0.29) is 4.90 Å². The molecule has 1 N–H and O–H groups in total. The van der Waals surface area contributed by atoms with Crippen LogP contribution in [0.4, 0.5) is 0 Å². The maximum absolute atomic E-state index is 10.6. The molecular formula is C8H9NO4S. The van der Waals surface area contributed by atoms with E-state index in [1.54, 1.807) is 0 Å². The van der Waals surface area contributed by atoms with Crippen LogP contribution in [-0.4, -0.2) is 31.0 Å². The van der Waals surface area contributed by atoms with Crippen LogP contribution in [0, 0.1) is 5.21 Å². The fourth-order valence-corrected chi connectivity index (χ4v) is 1.42. The largest absolute Gasteiger partial charge is 0.624 e. The molecule has 6 heteroatoms. The average molecular weight is 215 g/mol. The lowest BCUT2D eigenvalue weighted by molar-refractivity contribution is -0.416. The molecule has 0 aliphatic rings. The molecule has 5 nitrogen and oxygen atoms in total. The first kappa shape index (κ1) is 10.7. The monoisotopic (exact) mass is 215 g/mol. The molecule has 1 aromatic rings. The molecule has 0 heterocycles. The summed E-state index contributed by atoms with van der Waals surface area (Å²) in [5, 5.41) is 10.6. The molecule has 0 aliphatic carbocycles. The van der Waals surface area contributed by atoms with E-state index in [1.165, 1.54) is 37.5 Å². The third kappa shape index (κ3) is 2.82. The Morgan fingerprint density at radius 1 is 1.36 bits per heavy atom. The van der Waals surface area contributed by atoms with Crippen molar-refractivity contribution in [3.63, 3.8) is 0 Å². The number of hydroxylamine groups is 1. The minimum absolute atomic E-state index is 0.191. The molecule has 0 unspecified atom stereocenters. The van der Waals surface area contributed by atoms with Crippen molar-refractivity contribution in [2.24, 2.45) is 0 Å². The Hall–Kier alpha value is -1.40. The molecule has 76 valence electrons. The van der Waals surface area contributed by atoms with Gasteiger partial charge in [-0.05, 0) is 24.3 Å². The van der Waals surface area contributed by atoms with Crippen LogP contribution in [0.25, 0.3) is 0 Å². The number of rotatable bonds is 2. The van der Waals surface area contributed by atoms with Gasteiger partial charge in [0.1, 0.15) is 7.05 Å². The summed E-state index contributed by atoms with van der Waals surface area (Å²) in [6, 6.07) is 5.31. The molecular weight excluding hydrogens is 206 g/mol. The lowest BCUT2D eigenvalue weighted by Gasteiger charge is -1.97. The van der Waals surface area contributed by atoms with Gasteiger partial charge in [-0.3, -0.25) is 4.55 Å². The van der Waals surface area contributed by atoms with Gasteiger partial charge < -0.3 is 5.21 Å². The molecule has 0 bridgehead atoms. The van der Waals surface area contributed by atoms with Gasteiger partial charge in [0.15, 0.2) is 6.21 Å². The van der Waals surface area contributed by atoms with Gasteiger partial charge in [-0.25, -0.2) is 4.74 Å². The predicted octanol–water partition coefficient (Wildman–Crippen LogP) is 0.492. The Morgan fingerprint density at radius 2 is 1.86 bits per heavy atom. The predicted molar refractivity (Wildman–Crippen MR) is 51.0 cm³/mol. The Balaban J connectivity index is 3.08. The van der Waals surface area contributed by atoms with Gasteiger partial charge in [-0.15, -0.1) is 0 Å². The molecule has 0 saturated carbocycles. The number of benzene rings is 1. The van der Waals surface area contributed by atoms with Gasteiger partial charge >= 0.3 is 0 Å². The van der Waals surface area contributed by atoms with Crippen LogP contribution in [0.2, 0.25) is 0 Å². The van der Waals surface area contributed by atoms with E-state index in [2.05, 4.69) is 0 Å². The number of hydrogen-bond donors (Lipinski definition) is 1. The number of hydrogen-bond acceptors (Lipinski definition) is 3. The second-order valence-electron chi connectivity index (χ2n) is 2.72. The second-order valence-corrected chi connectivity index (χ2v) is 4.14. The third-order valence-corrected chi connectivity index (χ3v) is 2.38. The normalized spacial score (nSPS) is 12.9. The molecule has 14 heavy (non-hydrogen) atoms. The van der Waals surface area contributed by atoms with Crippen molar-refractivity contribution in [2.75, 3.05) is 7.05 Å². The standard InChI is InChI=1S/C8H9NO4S/c1-9(10)6-7-2-4-8(5-3-7)14(11,12)13/h2-6H,1H3,(H,11,12,13). The Kier molecular flexibility index (Phi) is 2.87. The highest BCUT2D eigenvalue weighted by atomic mass is 32.2. The smallest absolute Gasteiger partial charge is 0.294 e. The van der Waals surface area contributed by atoms with Gasteiger partial charge in [-0.1, -0.05) is 0 Å². The van der Waals surface area contributed by atoms with Crippen LogP contribution in [0.5, 0.6) is 0 Å². The van der Waals surface area contributed by atoms with Crippen molar-refractivity contribution in [2.45, 2.75) is 4.90 Å². The zero-order valence-electron chi connectivity index (χ0n) is 7.41. The highest BCUT2D eigenvalue weighted by molar-refractivity contribution is 7.85. The van der Waals surface area contributed by atoms with E-state index in [9.17, 15) is 13.6 Å². The van der Waals surface area contributed by atoms with Gasteiger partial charge in [0.05, 0.1) is 4.90 Å². The Morgan fingerprint density at radius 3 is 2.21 bits per heavy atom. The molecule has 0 aliphatic heterocycles. The van der Waals surface area contributed by atoms with Crippen LogP contribution in [0.15, 0.2) is 29.2 Å². The first-order valence-electron chi connectivity index (χ1n) is 3.72. The summed E-state index contributed by atoms with van der Waals surface area (Å²) in [4.78, 5) is -0.191. The zero-order valence-corrected chi connectivity index (χ0v) is 8.23. The maximum Gasteiger partial charge on any atom is 0.294 e. The summed E-state index contributed by atoms with van der Waals surface area (Å²) in [6.07, 6.45) is 1.29. The van der Waals surface area contributed by atoms with Crippen molar-refractivity contribution >= 4 is 16.3 Å². The van der Waals surface area contributed by atoms with E-state index >= 15 is 0 Å². The Labute approximate surface area is 81.6 Å². The van der Waals surface area contributed by atoms with Crippen LogP contribution < -0.4 is 0 Å². The fourth-order valence-electron chi connectivity index (χ4n) is 0.936. The molecule has 0 atom stereocenters. The van der Waals surface area contributed by atoms with Crippen molar-refractivity contribution in [3.05, 3.63) is 35.0 Å². The van der Waals surface area contributed by atoms with Crippen molar-refractivity contribution < 1.29 is 17.7 Å². The fraction of sp³-hybridized carbons (Fsp3) is 0.125. The summed E-state index contributed by atoms with van der Waals surface area (Å²) >= 11 is 0. The summed E-state index contributed by atoms with van der Waals surface area (Å²) in [7, 11) is -2.84. The van der Waals surface area contributed by atoms with Gasteiger partial charge in [0.25, 0.3) is 10.1 Å². The minimum atomic E-state index is -4.15. The van der Waals surface area contributed by atoms with Crippen LogP contribution in [0.1, 0.15) is 5.56 Å². The van der Waals surface area contributed by atoms with Gasteiger partial charge in [-0.2, -0.15) is 8.42 Å². The minimum Gasteiger partial charge on any atom is -0.624 e. The van der Waals surface area contributed by atoms with Crippen LogP contribution >= 0.6 is 0 Å². The summed E-state index contributed by atoms with van der Waals surface area (Å²) < 4.78 is 30.5. The lowest BCUT2D eigenvalue weighted by Crippen LogP contribution is -2.00. The highest BCUT2D eigenvalue weighted by Gasteiger charge is 2.08. The molecule has 0 radical (unpaired) electrons. The summed E-state index contributed by atoms with van der Waals surface area (Å²) in [5.41, 5.74) is 0.565. The molecule has 0 saturated heterocycles. The highest BCUT2D eigenvalue weighted by Crippen LogP contribution is 2.08. The van der Waals surface area contributed by atoms with Crippen molar-refractivity contribution in [1.29, 1.82) is 0 Å². The average Bonchev–Trinajstić information content (AvgIpc) is 2.02. The third-order valence-electron chi connectivity index (χ3n) is 1.51. The molecule has 0 aromatic heterocycles. The SMILES string of the molecule is C[N+]([O-])=Cc1ccc(S(=O)(=O)O)cc1. The van der Waals surface area contributed by atoms with Gasteiger partial charge in [0.2, 0.25) is 0 Å². The molecule has 1 aromatic carbocycles. The number of nitrogens with zero attached hydrogens (tertiary/aromatic N) is 1. The first-order valence-corrected chi connectivity index (χ1v) is 5.16. The quantitative estimate of drug-likeness (QED) is 0.256. The lowest BCUT2D eigenvalue weighted by atomic mass is 10.2. The van der Waals surface area contributed by atoms with Crippen LogP contribution in [-0.2, 0) is 10.1 Å². The van der Waals surface area contributed by atoms with Crippen molar-refractivity contribution in [1.82, 2.24) is 0 Å². The van der Waals surface area contributed by atoms with E-state index in [4.69, 9.17) is 4.55 Å². The van der Waals surface area contributed by atoms with E-state index < -0.39 is 10.1 Å². The van der Waals surface area contributed by atoms with Crippen LogP contribution in [0.3, 0.4) is 0 Å². The summed E-state index contributed by atoms with van der Waals surface area (Å²) in [6.45, 7) is 0. The van der Waals surface area contributed by atoms with Crippen molar-refractivity contribution in [3.8, 4) is 0 Å². The molecule has 0 fully saturated rings. The zero-order chi connectivity index (χ0) is 10.8. The van der Waals surface area contributed by atoms with E-state index in [1.807, 2.05) is 0 Å². The first-order chi connectivity index (χ1) is 6.39. The topological polar surface area (TPSA) is 80.4 Å². The van der Waals surface area contributed by atoms with Gasteiger partial charge in [0, 0.05) is 5.56 Å². The molecule has 0 amide bonds. The Bertz CT molecular complexity index is 443. The second kappa shape index (κ2) is 3.77. The molecule has 1 rings (SSSR count). The maximum atomic E-state index is 10.6. The molecule has 0 spiro atoms. The summed E-state index contributed by atoms with van der Waals surface area (Å²) in [5.74, 6) is 0. The van der Waals surface area contributed by atoms with E-state index in [0.29, 0.717) is 10.3 Å². The van der Waals surface area contributed by atoms with E-state index in [0.717, 1.165) is 0 Å².